The van der Waals surface area contributed by atoms with Gasteiger partial charge in [-0.1, -0.05) is 17.7 Å². The molecule has 0 aliphatic heterocycles. The van der Waals surface area contributed by atoms with Crippen molar-refractivity contribution in [3.63, 3.8) is 0 Å². The van der Waals surface area contributed by atoms with Gasteiger partial charge in [-0.25, -0.2) is 0 Å². The van der Waals surface area contributed by atoms with Crippen molar-refractivity contribution in [2.75, 3.05) is 13.2 Å². The van der Waals surface area contributed by atoms with Crippen LogP contribution >= 0.6 is 11.6 Å². The molecule has 0 bridgehead atoms. The summed E-state index contributed by atoms with van der Waals surface area (Å²) in [5.74, 6) is -0.192. The molecule has 1 rings (SSSR count). The predicted molar refractivity (Wildman–Crippen MR) is 60.3 cm³/mol. The number of hydrogen-bond acceptors (Lipinski definition) is 4. The van der Waals surface area contributed by atoms with Gasteiger partial charge in [0.25, 0.3) is 5.91 Å². The summed E-state index contributed by atoms with van der Waals surface area (Å²) < 4.78 is 5.14. The number of nitriles is 2. The van der Waals surface area contributed by atoms with Crippen molar-refractivity contribution in [1.82, 2.24) is 5.32 Å². The summed E-state index contributed by atoms with van der Waals surface area (Å²) in [5.41, 5.74) is 0.183. The van der Waals surface area contributed by atoms with E-state index in [-0.39, 0.29) is 29.5 Å². The standard InChI is InChI=1S/C11H8ClN3O2/c12-9-2-1-3-10(8(9)6-14)17-7-11(16)15-5-4-13/h1-3H,5,7H2,(H,15,16). The highest BCUT2D eigenvalue weighted by molar-refractivity contribution is 6.31. The molecule has 1 amide bonds. The summed E-state index contributed by atoms with van der Waals surface area (Å²) in [7, 11) is 0. The maximum Gasteiger partial charge on any atom is 0.258 e. The Balaban J connectivity index is 2.65. The number of nitrogens with zero attached hydrogens (tertiary/aromatic N) is 2. The summed E-state index contributed by atoms with van der Waals surface area (Å²) in [6.45, 7) is -0.348. The van der Waals surface area contributed by atoms with Crippen LogP contribution in [0.3, 0.4) is 0 Å². The average Bonchev–Trinajstić information content (AvgIpc) is 2.33. The van der Waals surface area contributed by atoms with Crippen molar-refractivity contribution in [3.05, 3.63) is 28.8 Å². The van der Waals surface area contributed by atoms with Gasteiger partial charge in [0.05, 0.1) is 11.1 Å². The van der Waals surface area contributed by atoms with Gasteiger partial charge in [-0.15, -0.1) is 0 Å². The quantitative estimate of drug-likeness (QED) is 0.813. The highest BCUT2D eigenvalue weighted by atomic mass is 35.5. The molecule has 5 nitrogen and oxygen atoms in total. The molecule has 0 fully saturated rings. The number of carbonyl (C=O) groups excluding carboxylic acids is 1. The van der Waals surface area contributed by atoms with Crippen LogP contribution in [0.1, 0.15) is 5.56 Å². The molecule has 0 saturated carbocycles. The molecular weight excluding hydrogens is 242 g/mol. The zero-order valence-electron chi connectivity index (χ0n) is 8.74. The number of ether oxygens (including phenoxy) is 1. The van der Waals surface area contributed by atoms with Crippen LogP contribution in [0.4, 0.5) is 0 Å². The Labute approximate surface area is 103 Å². The van der Waals surface area contributed by atoms with Crippen molar-refractivity contribution in [1.29, 1.82) is 10.5 Å². The minimum absolute atomic E-state index is 0.0805. The Morgan fingerprint density at radius 3 is 2.88 bits per heavy atom. The number of rotatable bonds is 4. The lowest BCUT2D eigenvalue weighted by Crippen LogP contribution is -2.29. The minimum Gasteiger partial charge on any atom is -0.482 e. The molecule has 6 heteroatoms. The second-order valence-electron chi connectivity index (χ2n) is 2.95. The molecule has 1 N–H and O–H groups in total. The van der Waals surface area contributed by atoms with E-state index in [9.17, 15) is 4.79 Å². The lowest BCUT2D eigenvalue weighted by atomic mass is 10.2. The molecule has 0 heterocycles. The van der Waals surface area contributed by atoms with Crippen LogP contribution < -0.4 is 10.1 Å². The molecule has 0 atom stereocenters. The van der Waals surface area contributed by atoms with E-state index in [1.165, 1.54) is 0 Å². The van der Waals surface area contributed by atoms with Gasteiger partial charge in [-0.2, -0.15) is 10.5 Å². The Bertz CT molecular complexity index is 502. The van der Waals surface area contributed by atoms with E-state index in [1.807, 2.05) is 6.07 Å². The molecule has 0 saturated heterocycles. The van der Waals surface area contributed by atoms with E-state index in [1.54, 1.807) is 24.3 Å². The van der Waals surface area contributed by atoms with Crippen molar-refractivity contribution in [2.24, 2.45) is 0 Å². The van der Waals surface area contributed by atoms with Gasteiger partial charge in [-0.3, -0.25) is 4.79 Å². The van der Waals surface area contributed by atoms with Crippen LogP contribution in [-0.4, -0.2) is 19.1 Å². The number of carbonyl (C=O) groups is 1. The van der Waals surface area contributed by atoms with Gasteiger partial charge in [-0.05, 0) is 12.1 Å². The van der Waals surface area contributed by atoms with E-state index in [0.29, 0.717) is 0 Å². The number of amides is 1. The van der Waals surface area contributed by atoms with E-state index in [0.717, 1.165) is 0 Å². The van der Waals surface area contributed by atoms with E-state index in [4.69, 9.17) is 26.9 Å². The summed E-state index contributed by atoms with van der Waals surface area (Å²) in [6.07, 6.45) is 0. The summed E-state index contributed by atoms with van der Waals surface area (Å²) >= 11 is 5.78. The SMILES string of the molecule is N#CCNC(=O)COc1cccc(Cl)c1C#N. The fraction of sp³-hybridized carbons (Fsp3) is 0.182. The van der Waals surface area contributed by atoms with Gasteiger partial charge in [0.1, 0.15) is 23.9 Å². The Hall–Kier alpha value is -2.24. The smallest absolute Gasteiger partial charge is 0.258 e. The second-order valence-corrected chi connectivity index (χ2v) is 3.36. The molecule has 0 spiro atoms. The first-order chi connectivity index (χ1) is 8.19. The third-order valence-corrected chi connectivity index (χ3v) is 2.13. The topological polar surface area (TPSA) is 85.9 Å². The average molecular weight is 250 g/mol. The number of nitrogens with one attached hydrogen (secondary N) is 1. The van der Waals surface area contributed by atoms with Crippen molar-refractivity contribution < 1.29 is 9.53 Å². The van der Waals surface area contributed by atoms with Crippen molar-refractivity contribution >= 4 is 17.5 Å². The predicted octanol–water partition coefficient (Wildman–Crippen LogP) is 1.23. The summed E-state index contributed by atoms with van der Waals surface area (Å²) in [4.78, 5) is 11.2. The fourth-order valence-electron chi connectivity index (χ4n) is 1.07. The Kier molecular flexibility index (Phi) is 4.80. The molecule has 17 heavy (non-hydrogen) atoms. The lowest BCUT2D eigenvalue weighted by molar-refractivity contribution is -0.122. The maximum atomic E-state index is 11.2. The normalized spacial score (nSPS) is 8.88. The second kappa shape index (κ2) is 6.37. The van der Waals surface area contributed by atoms with Crippen LogP contribution in [0.15, 0.2) is 18.2 Å². The number of benzene rings is 1. The van der Waals surface area contributed by atoms with Crippen molar-refractivity contribution in [2.45, 2.75) is 0 Å². The molecule has 0 radical (unpaired) electrons. The van der Waals surface area contributed by atoms with Crippen LogP contribution in [0.2, 0.25) is 5.02 Å². The minimum atomic E-state index is -0.435. The van der Waals surface area contributed by atoms with E-state index >= 15 is 0 Å². The molecule has 0 aliphatic carbocycles. The third kappa shape index (κ3) is 3.67. The largest absolute Gasteiger partial charge is 0.482 e. The third-order valence-electron chi connectivity index (χ3n) is 1.81. The number of hydrogen-bond donors (Lipinski definition) is 1. The van der Waals surface area contributed by atoms with Crippen LogP contribution in [-0.2, 0) is 4.79 Å². The maximum absolute atomic E-state index is 11.2. The Morgan fingerprint density at radius 2 is 2.24 bits per heavy atom. The molecule has 1 aromatic carbocycles. The van der Waals surface area contributed by atoms with Gasteiger partial charge >= 0.3 is 0 Å². The van der Waals surface area contributed by atoms with Crippen LogP contribution in [0.5, 0.6) is 5.75 Å². The van der Waals surface area contributed by atoms with Gasteiger partial charge < -0.3 is 10.1 Å². The Morgan fingerprint density at radius 1 is 1.47 bits per heavy atom. The molecular formula is C11H8ClN3O2. The molecule has 1 aromatic rings. The highest BCUT2D eigenvalue weighted by Crippen LogP contribution is 2.25. The van der Waals surface area contributed by atoms with Crippen LogP contribution in [0, 0.1) is 22.7 Å². The van der Waals surface area contributed by atoms with E-state index in [2.05, 4.69) is 5.32 Å². The first kappa shape index (κ1) is 12.8. The van der Waals surface area contributed by atoms with Crippen molar-refractivity contribution in [3.8, 4) is 17.9 Å². The van der Waals surface area contributed by atoms with Crippen LogP contribution in [0.25, 0.3) is 0 Å². The van der Waals surface area contributed by atoms with Gasteiger partial charge in [0.2, 0.25) is 0 Å². The molecule has 0 unspecified atom stereocenters. The lowest BCUT2D eigenvalue weighted by Gasteiger charge is -2.07. The molecule has 86 valence electrons. The molecule has 0 aromatic heterocycles. The number of halogens is 1. The van der Waals surface area contributed by atoms with Gasteiger partial charge in [0, 0.05) is 0 Å². The highest BCUT2D eigenvalue weighted by Gasteiger charge is 2.09. The van der Waals surface area contributed by atoms with E-state index < -0.39 is 5.91 Å². The fourth-order valence-corrected chi connectivity index (χ4v) is 1.27. The van der Waals surface area contributed by atoms with Gasteiger partial charge in [0.15, 0.2) is 6.61 Å². The zero-order chi connectivity index (χ0) is 12.7. The monoisotopic (exact) mass is 249 g/mol. The summed E-state index contributed by atoms with van der Waals surface area (Å²) in [5, 5.41) is 19.7. The molecule has 0 aliphatic rings. The first-order valence-electron chi connectivity index (χ1n) is 4.64. The first-order valence-corrected chi connectivity index (χ1v) is 5.02. The summed E-state index contributed by atoms with van der Waals surface area (Å²) in [6, 6.07) is 8.38. The zero-order valence-corrected chi connectivity index (χ0v) is 9.49.